The summed E-state index contributed by atoms with van der Waals surface area (Å²) in [6, 6.07) is 17.4. The Balaban J connectivity index is 1.92. The van der Waals surface area contributed by atoms with Gasteiger partial charge in [0.2, 0.25) is 0 Å². The molecule has 0 fully saturated rings. The molecule has 0 saturated heterocycles. The van der Waals surface area contributed by atoms with Gasteiger partial charge in [0.15, 0.2) is 0 Å². The van der Waals surface area contributed by atoms with Crippen LogP contribution < -0.4 is 5.32 Å². The minimum absolute atomic E-state index is 0.294. The highest BCUT2D eigenvalue weighted by molar-refractivity contribution is 6.26. The van der Waals surface area contributed by atoms with Crippen molar-refractivity contribution in [1.29, 1.82) is 0 Å². The molecule has 3 N–H and O–H groups in total. The Morgan fingerprint density at radius 2 is 1.56 bits per heavy atom. The van der Waals surface area contributed by atoms with Gasteiger partial charge in [0, 0.05) is 5.56 Å². The molecule has 4 aromatic carbocycles. The lowest BCUT2D eigenvalue weighted by Crippen LogP contribution is -2.44. The lowest BCUT2D eigenvalue weighted by atomic mass is 9.91. The van der Waals surface area contributed by atoms with Gasteiger partial charge in [-0.25, -0.2) is 0 Å². The van der Waals surface area contributed by atoms with E-state index in [1.165, 1.54) is 0 Å². The fourth-order valence-corrected chi connectivity index (χ4v) is 3.50. The average Bonchev–Trinajstić information content (AvgIpc) is 2.63. The lowest BCUT2D eigenvalue weighted by molar-refractivity contribution is 0.0759. The van der Waals surface area contributed by atoms with Crippen LogP contribution in [0.5, 0.6) is 0 Å². The van der Waals surface area contributed by atoms with Crippen LogP contribution in [0.15, 0.2) is 54.6 Å². The van der Waals surface area contributed by atoms with Gasteiger partial charge in [-0.3, -0.25) is 4.79 Å². The Bertz CT molecular complexity index is 1060. The van der Waals surface area contributed by atoms with Crippen molar-refractivity contribution < 1.29 is 15.0 Å². The summed E-state index contributed by atoms with van der Waals surface area (Å²) in [5.41, 5.74) is 0.546. The lowest BCUT2D eigenvalue weighted by Gasteiger charge is -2.20. The largest absolute Gasteiger partial charge is 0.394 e. The summed E-state index contributed by atoms with van der Waals surface area (Å²) in [4.78, 5) is 12.7. The molecule has 25 heavy (non-hydrogen) atoms. The molecule has 0 aliphatic carbocycles. The Labute approximate surface area is 145 Å². The number of carbonyl (C=O) groups excluding carboxylic acids is 1. The van der Waals surface area contributed by atoms with Crippen LogP contribution in [0.1, 0.15) is 17.3 Å². The summed E-state index contributed by atoms with van der Waals surface area (Å²) in [5, 5.41) is 28.2. The molecule has 0 aromatic heterocycles. The summed E-state index contributed by atoms with van der Waals surface area (Å²) < 4.78 is 0. The van der Waals surface area contributed by atoms with Gasteiger partial charge in [-0.1, -0.05) is 48.5 Å². The molecule has 4 heteroatoms. The van der Waals surface area contributed by atoms with E-state index < -0.39 is 12.1 Å². The highest BCUT2D eigenvalue weighted by Gasteiger charge is 2.20. The van der Waals surface area contributed by atoms with Crippen molar-refractivity contribution in [2.24, 2.45) is 0 Å². The Hall–Kier alpha value is -2.69. The zero-order chi connectivity index (χ0) is 17.6. The van der Waals surface area contributed by atoms with E-state index in [4.69, 9.17) is 0 Å². The second kappa shape index (κ2) is 5.99. The molecule has 4 aromatic rings. The predicted molar refractivity (Wildman–Crippen MR) is 100 cm³/mol. The molecule has 1 amide bonds. The summed E-state index contributed by atoms with van der Waals surface area (Å²) in [7, 11) is 0. The van der Waals surface area contributed by atoms with E-state index in [-0.39, 0.29) is 12.5 Å². The van der Waals surface area contributed by atoms with Gasteiger partial charge in [-0.2, -0.15) is 0 Å². The van der Waals surface area contributed by atoms with Crippen LogP contribution in [0, 0.1) is 0 Å². The monoisotopic (exact) mass is 333 g/mol. The number of nitrogens with one attached hydrogen (secondary N) is 1. The number of rotatable bonds is 4. The van der Waals surface area contributed by atoms with Crippen molar-refractivity contribution in [2.75, 3.05) is 6.61 Å². The van der Waals surface area contributed by atoms with Gasteiger partial charge >= 0.3 is 0 Å². The van der Waals surface area contributed by atoms with Crippen LogP contribution in [0.3, 0.4) is 0 Å². The van der Waals surface area contributed by atoms with Crippen molar-refractivity contribution in [2.45, 2.75) is 19.1 Å². The summed E-state index contributed by atoms with van der Waals surface area (Å²) in [5.74, 6) is -0.294. The Morgan fingerprint density at radius 1 is 0.960 bits per heavy atom. The molecule has 2 atom stereocenters. The maximum absolute atomic E-state index is 12.7. The first-order valence-electron chi connectivity index (χ1n) is 8.36. The molecule has 0 spiro atoms. The number of hydrogen-bond acceptors (Lipinski definition) is 3. The minimum Gasteiger partial charge on any atom is -0.394 e. The molecule has 0 saturated carbocycles. The smallest absolute Gasteiger partial charge is 0.252 e. The fourth-order valence-electron chi connectivity index (χ4n) is 3.50. The first kappa shape index (κ1) is 15.8. The van der Waals surface area contributed by atoms with Gasteiger partial charge in [0.1, 0.15) is 0 Å². The molecular formula is C21H19NO3. The van der Waals surface area contributed by atoms with Crippen molar-refractivity contribution in [1.82, 2.24) is 5.32 Å². The maximum atomic E-state index is 12.7. The summed E-state index contributed by atoms with van der Waals surface area (Å²) in [6.07, 6.45) is -0.825. The fraction of sp³-hybridized carbons (Fsp3) is 0.190. The maximum Gasteiger partial charge on any atom is 0.252 e. The zero-order valence-electron chi connectivity index (χ0n) is 13.9. The van der Waals surface area contributed by atoms with Crippen molar-refractivity contribution in [3.63, 3.8) is 0 Å². The molecule has 0 bridgehead atoms. The molecule has 0 aliphatic heterocycles. The number of aliphatic hydroxyl groups is 2. The van der Waals surface area contributed by atoms with E-state index in [1.807, 2.05) is 24.3 Å². The van der Waals surface area contributed by atoms with E-state index in [2.05, 4.69) is 29.6 Å². The van der Waals surface area contributed by atoms with Crippen LogP contribution in [0.2, 0.25) is 0 Å². The zero-order valence-corrected chi connectivity index (χ0v) is 13.9. The Kier molecular flexibility index (Phi) is 3.79. The highest BCUT2D eigenvalue weighted by Crippen LogP contribution is 2.35. The SMILES string of the molecule is C[C@@H](O)[C@H](CO)NC(=O)c1ccc2ccc3cccc4ccc1c2c34. The predicted octanol–water partition coefficient (Wildman–Crippen LogP) is 3.06. The first-order chi connectivity index (χ1) is 12.1. The normalized spacial score (nSPS) is 14.2. The van der Waals surface area contributed by atoms with E-state index in [0.29, 0.717) is 5.56 Å². The highest BCUT2D eigenvalue weighted by atomic mass is 16.3. The number of benzene rings is 4. The number of aliphatic hydroxyl groups excluding tert-OH is 2. The Morgan fingerprint density at radius 3 is 2.20 bits per heavy atom. The molecule has 4 rings (SSSR count). The van der Waals surface area contributed by atoms with Crippen molar-refractivity contribution >= 4 is 38.2 Å². The number of hydrogen-bond donors (Lipinski definition) is 3. The third-order valence-corrected chi connectivity index (χ3v) is 4.87. The second-order valence-corrected chi connectivity index (χ2v) is 6.47. The van der Waals surface area contributed by atoms with Crippen molar-refractivity contribution in [3.05, 3.63) is 60.2 Å². The summed E-state index contributed by atoms with van der Waals surface area (Å²) >= 11 is 0. The number of amides is 1. The van der Waals surface area contributed by atoms with Crippen LogP contribution >= 0.6 is 0 Å². The molecule has 0 aliphatic rings. The standard InChI is InChI=1S/C21H19NO3/c1-12(24)18(11-23)22-21(25)17-10-8-15-6-5-13-3-2-4-14-7-9-16(17)20(15)19(13)14/h2-10,12,18,23-24H,11H2,1H3,(H,22,25)/t12-,18+/m1/s1. The van der Waals surface area contributed by atoms with Gasteiger partial charge in [-0.15, -0.1) is 0 Å². The average molecular weight is 333 g/mol. The van der Waals surface area contributed by atoms with Gasteiger partial charge in [0.25, 0.3) is 5.91 Å². The third kappa shape index (κ3) is 2.51. The van der Waals surface area contributed by atoms with Crippen molar-refractivity contribution in [3.8, 4) is 0 Å². The van der Waals surface area contributed by atoms with E-state index >= 15 is 0 Å². The third-order valence-electron chi connectivity index (χ3n) is 4.87. The summed E-state index contributed by atoms with van der Waals surface area (Å²) in [6.45, 7) is 1.24. The van der Waals surface area contributed by atoms with E-state index in [0.717, 1.165) is 32.3 Å². The van der Waals surface area contributed by atoms with Gasteiger partial charge in [0.05, 0.1) is 18.8 Å². The molecule has 0 radical (unpaired) electrons. The molecule has 0 heterocycles. The van der Waals surface area contributed by atoms with Gasteiger partial charge in [-0.05, 0) is 45.3 Å². The quantitative estimate of drug-likeness (QED) is 0.503. The van der Waals surface area contributed by atoms with Crippen LogP contribution in [-0.4, -0.2) is 34.9 Å². The van der Waals surface area contributed by atoms with Gasteiger partial charge < -0.3 is 15.5 Å². The van der Waals surface area contributed by atoms with E-state index in [1.54, 1.807) is 13.0 Å². The molecule has 126 valence electrons. The second-order valence-electron chi connectivity index (χ2n) is 6.47. The van der Waals surface area contributed by atoms with Crippen LogP contribution in [0.4, 0.5) is 0 Å². The van der Waals surface area contributed by atoms with Crippen LogP contribution in [0.25, 0.3) is 32.3 Å². The molecule has 0 unspecified atom stereocenters. The topological polar surface area (TPSA) is 69.6 Å². The molecule has 4 nitrogen and oxygen atoms in total. The van der Waals surface area contributed by atoms with E-state index in [9.17, 15) is 15.0 Å². The first-order valence-corrected chi connectivity index (χ1v) is 8.36. The molecular weight excluding hydrogens is 314 g/mol. The number of carbonyl (C=O) groups is 1. The minimum atomic E-state index is -0.825. The van der Waals surface area contributed by atoms with Crippen LogP contribution in [-0.2, 0) is 0 Å².